The fraction of sp³-hybridized carbons (Fsp3) is 0.185. The zero-order valence-electron chi connectivity index (χ0n) is 19.6. The van der Waals surface area contributed by atoms with Gasteiger partial charge in [-0.1, -0.05) is 42.5 Å². The molecular weight excluding hydrogens is 476 g/mol. The summed E-state index contributed by atoms with van der Waals surface area (Å²) < 4.78 is 7.64. The van der Waals surface area contributed by atoms with Gasteiger partial charge in [0.2, 0.25) is 0 Å². The van der Waals surface area contributed by atoms with Crippen LogP contribution in [-0.2, 0) is 11.2 Å². The maximum atomic E-state index is 11.9. The van der Waals surface area contributed by atoms with Gasteiger partial charge in [-0.3, -0.25) is 14.9 Å². The summed E-state index contributed by atoms with van der Waals surface area (Å²) in [4.78, 5) is 28.4. The molecule has 1 aromatic heterocycles. The Kier molecular flexibility index (Phi) is 6.64. The van der Waals surface area contributed by atoms with Crippen molar-refractivity contribution in [1.29, 1.82) is 0 Å². The van der Waals surface area contributed by atoms with Crippen molar-refractivity contribution in [3.63, 3.8) is 0 Å². The number of nitrogens with one attached hydrogen (secondary N) is 1. The number of fused-ring (bicyclic) bond motifs is 1. The lowest BCUT2D eigenvalue weighted by atomic mass is 10.0. The zero-order valence-corrected chi connectivity index (χ0v) is 20.4. The van der Waals surface area contributed by atoms with E-state index in [1.54, 1.807) is 18.2 Å². The third-order valence-corrected chi connectivity index (χ3v) is 6.92. The Morgan fingerprint density at radius 2 is 1.92 bits per heavy atom. The van der Waals surface area contributed by atoms with Gasteiger partial charge in [-0.2, -0.15) is 0 Å². The first-order chi connectivity index (χ1) is 17.5. The van der Waals surface area contributed by atoms with Crippen LogP contribution < -0.4 is 14.9 Å². The molecule has 1 amide bonds. The Morgan fingerprint density at radius 1 is 1.14 bits per heavy atom. The van der Waals surface area contributed by atoms with Crippen LogP contribution in [0.1, 0.15) is 24.9 Å². The average Bonchev–Trinajstić information content (AvgIpc) is 3.31. The van der Waals surface area contributed by atoms with Crippen LogP contribution >= 0.6 is 11.3 Å². The summed E-state index contributed by atoms with van der Waals surface area (Å²) in [7, 11) is 0. The Balaban J connectivity index is 1.59. The number of ether oxygens (including phenoxy) is 1. The van der Waals surface area contributed by atoms with E-state index in [2.05, 4.69) is 28.9 Å². The molecule has 1 atom stereocenters. The second-order valence-corrected chi connectivity index (χ2v) is 9.39. The molecule has 1 N–H and O–H groups in total. The second-order valence-electron chi connectivity index (χ2n) is 8.55. The average molecular weight is 501 g/mol. The van der Waals surface area contributed by atoms with Gasteiger partial charge in [0.1, 0.15) is 11.4 Å². The summed E-state index contributed by atoms with van der Waals surface area (Å²) in [5, 5.41) is 16.4. The summed E-state index contributed by atoms with van der Waals surface area (Å²) in [6, 6.07) is 22.5. The highest BCUT2D eigenvalue weighted by molar-refractivity contribution is 7.07. The number of thiazole rings is 1. The van der Waals surface area contributed by atoms with Crippen LogP contribution in [-0.4, -0.2) is 22.0 Å². The Morgan fingerprint density at radius 3 is 2.72 bits per heavy atom. The minimum absolute atomic E-state index is 0.000200. The predicted octanol–water partition coefficient (Wildman–Crippen LogP) is 5.88. The van der Waals surface area contributed by atoms with Gasteiger partial charge >= 0.3 is 0 Å². The Labute approximate surface area is 211 Å². The molecule has 4 aromatic rings. The van der Waals surface area contributed by atoms with E-state index >= 15 is 0 Å². The second kappa shape index (κ2) is 10.2. The maximum Gasteiger partial charge on any atom is 0.294 e. The molecule has 2 heterocycles. The minimum Gasteiger partial charge on any atom is -0.482 e. The zero-order chi connectivity index (χ0) is 25.1. The first kappa shape index (κ1) is 23.5. The van der Waals surface area contributed by atoms with E-state index in [-0.39, 0.29) is 24.2 Å². The minimum atomic E-state index is -0.414. The van der Waals surface area contributed by atoms with E-state index in [9.17, 15) is 14.9 Å². The summed E-state index contributed by atoms with van der Waals surface area (Å²) in [5.74, 6) is 0.434. The molecule has 9 heteroatoms. The highest BCUT2D eigenvalue weighted by Crippen LogP contribution is 2.34. The van der Waals surface area contributed by atoms with E-state index in [0.29, 0.717) is 21.9 Å². The third kappa shape index (κ3) is 4.92. The first-order valence-corrected chi connectivity index (χ1v) is 12.5. The number of nitro benzene ring substituents is 1. The number of hydrogen-bond donors (Lipinski definition) is 1. The molecule has 0 fully saturated rings. The lowest BCUT2D eigenvalue weighted by Crippen LogP contribution is -2.25. The lowest BCUT2D eigenvalue weighted by Gasteiger charge is -2.20. The maximum absolute atomic E-state index is 11.9. The first-order valence-electron chi connectivity index (χ1n) is 11.6. The topological polar surface area (TPSA) is 98.8 Å². The summed E-state index contributed by atoms with van der Waals surface area (Å²) in [6.45, 7) is 2.13. The molecule has 0 spiro atoms. The van der Waals surface area contributed by atoms with Crippen molar-refractivity contribution < 1.29 is 14.5 Å². The Bertz CT molecular complexity index is 1490. The standard InChI is InChI=1S/C27H24N4O4S/c1-18(11-12-19-7-3-2-4-8-19)30-24(20-13-14-25-22(15-20)28-26(32)16-35-25)17-36-27(30)29-21-9-5-6-10-23(21)31(33)34/h2-10,13-15,17-18H,11-12,16H2,1H3,(H,28,32). The molecule has 182 valence electrons. The van der Waals surface area contributed by atoms with Gasteiger partial charge in [0, 0.05) is 23.1 Å². The number of nitro groups is 1. The highest BCUT2D eigenvalue weighted by atomic mass is 32.1. The third-order valence-electron chi connectivity index (χ3n) is 6.08. The monoisotopic (exact) mass is 500 g/mol. The number of hydrogen-bond acceptors (Lipinski definition) is 6. The largest absolute Gasteiger partial charge is 0.482 e. The summed E-state index contributed by atoms with van der Waals surface area (Å²) in [6.07, 6.45) is 1.73. The number of rotatable bonds is 7. The normalized spacial score (nSPS) is 14.0. The van der Waals surface area contributed by atoms with Crippen LogP contribution in [0.15, 0.2) is 83.2 Å². The number of amides is 1. The molecular formula is C27H24N4O4S. The lowest BCUT2D eigenvalue weighted by molar-refractivity contribution is -0.384. The van der Waals surface area contributed by atoms with Gasteiger partial charge in [-0.25, -0.2) is 4.99 Å². The molecule has 36 heavy (non-hydrogen) atoms. The molecule has 5 rings (SSSR count). The SMILES string of the molecule is CC(CCc1ccccc1)n1c(-c2ccc3c(c2)NC(=O)CO3)csc1=Nc1ccccc1[N+](=O)[O-]. The Hall–Kier alpha value is -4.24. The molecule has 0 aliphatic carbocycles. The van der Waals surface area contributed by atoms with Crippen molar-refractivity contribution in [1.82, 2.24) is 4.57 Å². The van der Waals surface area contributed by atoms with E-state index < -0.39 is 4.92 Å². The van der Waals surface area contributed by atoms with Crippen LogP contribution in [0.2, 0.25) is 0 Å². The number of carbonyl (C=O) groups is 1. The van der Waals surface area contributed by atoms with Gasteiger partial charge in [0.25, 0.3) is 11.6 Å². The van der Waals surface area contributed by atoms with Crippen LogP contribution in [0.25, 0.3) is 11.3 Å². The van der Waals surface area contributed by atoms with Gasteiger partial charge in [-0.05, 0) is 49.6 Å². The van der Waals surface area contributed by atoms with Crippen LogP contribution in [0.4, 0.5) is 17.1 Å². The number of carbonyl (C=O) groups excluding carboxylic acids is 1. The molecule has 3 aromatic carbocycles. The van der Waals surface area contributed by atoms with E-state index in [4.69, 9.17) is 9.73 Å². The van der Waals surface area contributed by atoms with Crippen molar-refractivity contribution in [3.05, 3.63) is 98.7 Å². The smallest absolute Gasteiger partial charge is 0.294 e. The van der Waals surface area contributed by atoms with Crippen molar-refractivity contribution in [2.75, 3.05) is 11.9 Å². The number of benzene rings is 3. The van der Waals surface area contributed by atoms with E-state index in [1.807, 2.05) is 41.8 Å². The van der Waals surface area contributed by atoms with Crippen molar-refractivity contribution in [2.45, 2.75) is 25.8 Å². The molecule has 0 saturated carbocycles. The number of anilines is 1. The van der Waals surface area contributed by atoms with Gasteiger partial charge in [0.15, 0.2) is 11.4 Å². The molecule has 0 bridgehead atoms. The molecule has 1 unspecified atom stereocenters. The van der Waals surface area contributed by atoms with Gasteiger partial charge < -0.3 is 14.6 Å². The summed E-state index contributed by atoms with van der Waals surface area (Å²) in [5.41, 5.74) is 3.95. The quantitative estimate of drug-likeness (QED) is 0.253. The summed E-state index contributed by atoms with van der Waals surface area (Å²) >= 11 is 1.43. The molecule has 1 aliphatic heterocycles. The van der Waals surface area contributed by atoms with Crippen LogP contribution in [0, 0.1) is 10.1 Å². The highest BCUT2D eigenvalue weighted by Gasteiger charge is 2.20. The number of para-hydroxylation sites is 2. The van der Waals surface area contributed by atoms with E-state index in [1.165, 1.54) is 23.0 Å². The number of aromatic nitrogens is 1. The molecule has 0 saturated heterocycles. The van der Waals surface area contributed by atoms with Gasteiger partial charge in [-0.15, -0.1) is 11.3 Å². The number of nitrogens with zero attached hydrogens (tertiary/aromatic N) is 3. The van der Waals surface area contributed by atoms with Crippen LogP contribution in [0.5, 0.6) is 5.75 Å². The fourth-order valence-electron chi connectivity index (χ4n) is 4.25. The van der Waals surface area contributed by atoms with E-state index in [0.717, 1.165) is 24.1 Å². The fourth-order valence-corrected chi connectivity index (χ4v) is 5.26. The van der Waals surface area contributed by atoms with Crippen molar-refractivity contribution >= 4 is 34.3 Å². The van der Waals surface area contributed by atoms with Crippen molar-refractivity contribution in [2.24, 2.45) is 4.99 Å². The molecule has 0 radical (unpaired) electrons. The molecule has 8 nitrogen and oxygen atoms in total. The van der Waals surface area contributed by atoms with Crippen LogP contribution in [0.3, 0.4) is 0 Å². The van der Waals surface area contributed by atoms with Crippen molar-refractivity contribution in [3.8, 4) is 17.0 Å². The predicted molar refractivity (Wildman–Crippen MR) is 140 cm³/mol. The molecule has 1 aliphatic rings. The number of aryl methyl sites for hydroxylation is 1. The van der Waals surface area contributed by atoms with Gasteiger partial charge in [0.05, 0.1) is 16.3 Å².